The smallest absolute Gasteiger partial charge is 0.170 e. The Bertz CT molecular complexity index is 526. The van der Waals surface area contributed by atoms with Crippen LogP contribution < -0.4 is 4.74 Å². The molecule has 3 nitrogen and oxygen atoms in total. The molecular weight excluding hydrogens is 190 g/mol. The lowest BCUT2D eigenvalue weighted by atomic mass is 10.1. The maximum atomic E-state index is 10.8. The fourth-order valence-corrected chi connectivity index (χ4v) is 2.00. The van der Waals surface area contributed by atoms with Crippen molar-refractivity contribution >= 4 is 17.2 Å². The van der Waals surface area contributed by atoms with E-state index in [1.165, 1.54) is 5.56 Å². The standard InChI is InChI=1S/C12H13NO2/c1-7-4-8(2)11-9(5-7)13-10(6-14)12(11)15-3/h4-6,13H,1-3H3. The average molecular weight is 203 g/mol. The van der Waals surface area contributed by atoms with E-state index in [1.807, 2.05) is 19.9 Å². The lowest BCUT2D eigenvalue weighted by Crippen LogP contribution is -1.87. The monoisotopic (exact) mass is 203 g/mol. The van der Waals surface area contributed by atoms with E-state index in [0.29, 0.717) is 11.4 Å². The van der Waals surface area contributed by atoms with Gasteiger partial charge in [0.05, 0.1) is 12.6 Å². The predicted octanol–water partition coefficient (Wildman–Crippen LogP) is 2.61. The lowest BCUT2D eigenvalue weighted by molar-refractivity contribution is 0.111. The zero-order chi connectivity index (χ0) is 11.0. The molecule has 1 N–H and O–H groups in total. The van der Waals surface area contributed by atoms with Crippen LogP contribution in [-0.2, 0) is 0 Å². The molecule has 0 saturated carbocycles. The minimum Gasteiger partial charge on any atom is -0.494 e. The third kappa shape index (κ3) is 1.40. The Labute approximate surface area is 88.1 Å². The van der Waals surface area contributed by atoms with Gasteiger partial charge in [0, 0.05) is 5.39 Å². The second-order valence-corrected chi connectivity index (χ2v) is 3.69. The summed E-state index contributed by atoms with van der Waals surface area (Å²) in [6.45, 7) is 4.04. The molecule has 2 aromatic rings. The molecule has 0 spiro atoms. The Morgan fingerprint density at radius 3 is 2.67 bits per heavy atom. The number of aromatic amines is 1. The summed E-state index contributed by atoms with van der Waals surface area (Å²) in [6, 6.07) is 4.09. The zero-order valence-electron chi connectivity index (χ0n) is 9.05. The summed E-state index contributed by atoms with van der Waals surface area (Å²) >= 11 is 0. The van der Waals surface area contributed by atoms with E-state index in [-0.39, 0.29) is 0 Å². The Hall–Kier alpha value is -1.77. The SMILES string of the molecule is COc1c(C=O)[nH]c2cc(C)cc(C)c12. The Balaban J connectivity index is 2.88. The number of fused-ring (bicyclic) bond motifs is 1. The van der Waals surface area contributed by atoms with Crippen LogP contribution in [-0.4, -0.2) is 18.4 Å². The molecular formula is C12H13NO2. The number of nitrogens with one attached hydrogen (secondary N) is 1. The van der Waals surface area contributed by atoms with Crippen molar-refractivity contribution < 1.29 is 9.53 Å². The van der Waals surface area contributed by atoms with Crippen molar-refractivity contribution in [1.82, 2.24) is 4.98 Å². The molecule has 0 aliphatic heterocycles. The van der Waals surface area contributed by atoms with Crippen LogP contribution in [0.3, 0.4) is 0 Å². The van der Waals surface area contributed by atoms with Gasteiger partial charge in [-0.1, -0.05) is 6.07 Å². The summed E-state index contributed by atoms with van der Waals surface area (Å²) in [5, 5.41) is 0.991. The van der Waals surface area contributed by atoms with Crippen LogP contribution in [0.25, 0.3) is 10.9 Å². The first-order valence-electron chi connectivity index (χ1n) is 4.79. The van der Waals surface area contributed by atoms with Gasteiger partial charge in [-0.05, 0) is 31.0 Å². The molecule has 78 valence electrons. The van der Waals surface area contributed by atoms with Crippen LogP contribution in [0.15, 0.2) is 12.1 Å². The number of ether oxygens (including phenoxy) is 1. The largest absolute Gasteiger partial charge is 0.494 e. The molecule has 1 aromatic carbocycles. The average Bonchev–Trinajstić information content (AvgIpc) is 2.55. The minimum absolute atomic E-state index is 0.501. The third-order valence-electron chi connectivity index (χ3n) is 2.54. The molecule has 2 rings (SSSR count). The third-order valence-corrected chi connectivity index (χ3v) is 2.54. The van der Waals surface area contributed by atoms with Crippen molar-refractivity contribution in [2.24, 2.45) is 0 Å². The summed E-state index contributed by atoms with van der Waals surface area (Å²) in [7, 11) is 1.58. The van der Waals surface area contributed by atoms with Crippen LogP contribution in [0.4, 0.5) is 0 Å². The molecule has 15 heavy (non-hydrogen) atoms. The molecule has 0 aliphatic carbocycles. The molecule has 0 saturated heterocycles. The van der Waals surface area contributed by atoms with Gasteiger partial charge < -0.3 is 9.72 Å². The minimum atomic E-state index is 0.501. The van der Waals surface area contributed by atoms with Crippen molar-refractivity contribution in [3.05, 3.63) is 29.0 Å². The molecule has 0 amide bonds. The van der Waals surface area contributed by atoms with Crippen LogP contribution in [0.2, 0.25) is 0 Å². The van der Waals surface area contributed by atoms with Crippen LogP contribution in [0.5, 0.6) is 5.75 Å². The number of hydrogen-bond acceptors (Lipinski definition) is 2. The van der Waals surface area contributed by atoms with Gasteiger partial charge in [0.15, 0.2) is 12.0 Å². The van der Waals surface area contributed by atoms with E-state index in [4.69, 9.17) is 4.74 Å². The predicted molar refractivity (Wildman–Crippen MR) is 59.7 cm³/mol. The van der Waals surface area contributed by atoms with E-state index in [2.05, 4.69) is 11.1 Å². The van der Waals surface area contributed by atoms with Crippen LogP contribution >= 0.6 is 0 Å². The quantitative estimate of drug-likeness (QED) is 0.762. The normalized spacial score (nSPS) is 10.6. The van der Waals surface area contributed by atoms with Crippen molar-refractivity contribution in [1.29, 1.82) is 0 Å². The molecule has 0 bridgehead atoms. The number of carbonyl (C=O) groups excluding carboxylic acids is 1. The molecule has 0 fully saturated rings. The Morgan fingerprint density at radius 1 is 1.33 bits per heavy atom. The van der Waals surface area contributed by atoms with Gasteiger partial charge in [0.1, 0.15) is 5.69 Å². The molecule has 1 heterocycles. The molecule has 0 unspecified atom stereocenters. The number of rotatable bonds is 2. The highest BCUT2D eigenvalue weighted by Crippen LogP contribution is 2.32. The van der Waals surface area contributed by atoms with E-state index in [1.54, 1.807) is 7.11 Å². The van der Waals surface area contributed by atoms with Gasteiger partial charge in [-0.3, -0.25) is 4.79 Å². The second-order valence-electron chi connectivity index (χ2n) is 3.69. The highest BCUT2D eigenvalue weighted by atomic mass is 16.5. The van der Waals surface area contributed by atoms with Crippen molar-refractivity contribution in [2.75, 3.05) is 7.11 Å². The molecule has 1 aromatic heterocycles. The number of aryl methyl sites for hydroxylation is 2. The summed E-state index contributed by atoms with van der Waals surface area (Å²) in [5.74, 6) is 0.637. The number of carbonyl (C=O) groups is 1. The molecule has 0 atom stereocenters. The van der Waals surface area contributed by atoms with Crippen molar-refractivity contribution in [3.63, 3.8) is 0 Å². The number of benzene rings is 1. The topological polar surface area (TPSA) is 42.1 Å². The summed E-state index contributed by atoms with van der Waals surface area (Å²) in [4.78, 5) is 13.9. The molecule has 0 radical (unpaired) electrons. The highest BCUT2D eigenvalue weighted by Gasteiger charge is 2.13. The number of H-pyrrole nitrogens is 1. The number of methoxy groups -OCH3 is 1. The summed E-state index contributed by atoms with van der Waals surface area (Å²) in [5.41, 5.74) is 3.74. The van der Waals surface area contributed by atoms with E-state index in [9.17, 15) is 4.79 Å². The van der Waals surface area contributed by atoms with Gasteiger partial charge in [-0.2, -0.15) is 0 Å². The first-order valence-corrected chi connectivity index (χ1v) is 4.79. The first kappa shape index (κ1) is 9.77. The molecule has 0 aliphatic rings. The molecule has 3 heteroatoms. The second kappa shape index (κ2) is 3.42. The number of aromatic nitrogens is 1. The van der Waals surface area contributed by atoms with Crippen molar-refractivity contribution in [2.45, 2.75) is 13.8 Å². The lowest BCUT2D eigenvalue weighted by Gasteiger charge is -2.02. The van der Waals surface area contributed by atoms with Crippen LogP contribution in [0, 0.1) is 13.8 Å². The Kier molecular flexibility index (Phi) is 2.23. The van der Waals surface area contributed by atoms with Gasteiger partial charge >= 0.3 is 0 Å². The van der Waals surface area contributed by atoms with Crippen molar-refractivity contribution in [3.8, 4) is 5.75 Å². The maximum absolute atomic E-state index is 10.8. The number of hydrogen-bond donors (Lipinski definition) is 1. The first-order chi connectivity index (χ1) is 7.17. The van der Waals surface area contributed by atoms with E-state index in [0.717, 1.165) is 22.8 Å². The fourth-order valence-electron chi connectivity index (χ4n) is 2.00. The summed E-state index contributed by atoms with van der Waals surface area (Å²) < 4.78 is 5.25. The summed E-state index contributed by atoms with van der Waals surface area (Å²) in [6.07, 6.45) is 0.785. The fraction of sp³-hybridized carbons (Fsp3) is 0.250. The van der Waals surface area contributed by atoms with Gasteiger partial charge in [0.25, 0.3) is 0 Å². The van der Waals surface area contributed by atoms with Gasteiger partial charge in [-0.15, -0.1) is 0 Å². The van der Waals surface area contributed by atoms with E-state index >= 15 is 0 Å². The van der Waals surface area contributed by atoms with Gasteiger partial charge in [0.2, 0.25) is 0 Å². The van der Waals surface area contributed by atoms with Crippen LogP contribution in [0.1, 0.15) is 21.6 Å². The zero-order valence-corrected chi connectivity index (χ0v) is 9.05. The number of aldehydes is 1. The Morgan fingerprint density at radius 2 is 2.07 bits per heavy atom. The van der Waals surface area contributed by atoms with E-state index < -0.39 is 0 Å². The highest BCUT2D eigenvalue weighted by molar-refractivity contribution is 5.97. The maximum Gasteiger partial charge on any atom is 0.170 e. The van der Waals surface area contributed by atoms with Gasteiger partial charge in [-0.25, -0.2) is 0 Å².